The summed E-state index contributed by atoms with van der Waals surface area (Å²) in [5.41, 5.74) is -0.755. The molecular formula is C13H22N2O3S. The minimum atomic E-state index is -0.799. The van der Waals surface area contributed by atoms with Crippen molar-refractivity contribution >= 4 is 23.8 Å². The van der Waals surface area contributed by atoms with Crippen molar-refractivity contribution in [2.24, 2.45) is 5.41 Å². The van der Waals surface area contributed by atoms with Crippen molar-refractivity contribution in [1.29, 1.82) is 0 Å². The Kier molecular flexibility index (Phi) is 6.77. The van der Waals surface area contributed by atoms with Gasteiger partial charge in [0.05, 0.1) is 5.41 Å². The third-order valence-corrected chi connectivity index (χ3v) is 4.33. The predicted octanol–water partition coefficient (Wildman–Crippen LogP) is 1.85. The van der Waals surface area contributed by atoms with E-state index < -0.39 is 11.4 Å². The molecule has 108 valence electrons. The molecule has 1 fully saturated rings. The molecule has 6 heteroatoms. The summed E-state index contributed by atoms with van der Waals surface area (Å²) in [5.74, 6) is 0.890. The van der Waals surface area contributed by atoms with Gasteiger partial charge < -0.3 is 15.7 Å². The van der Waals surface area contributed by atoms with Crippen molar-refractivity contribution in [2.45, 2.75) is 25.7 Å². The van der Waals surface area contributed by atoms with Crippen molar-refractivity contribution < 1.29 is 14.7 Å². The largest absolute Gasteiger partial charge is 0.481 e. The lowest BCUT2D eigenvalue weighted by molar-refractivity contribution is -0.148. The molecule has 0 aliphatic heterocycles. The van der Waals surface area contributed by atoms with Crippen molar-refractivity contribution in [3.05, 3.63) is 12.7 Å². The third-order valence-electron chi connectivity index (χ3n) is 3.37. The van der Waals surface area contributed by atoms with E-state index in [4.69, 9.17) is 0 Å². The maximum Gasteiger partial charge on any atom is 0.314 e. The smallest absolute Gasteiger partial charge is 0.314 e. The van der Waals surface area contributed by atoms with Crippen LogP contribution >= 0.6 is 11.8 Å². The Bertz CT molecular complexity index is 328. The number of nitrogens with one attached hydrogen (secondary N) is 2. The first kappa shape index (κ1) is 15.9. The second-order valence-corrected chi connectivity index (χ2v) is 5.92. The summed E-state index contributed by atoms with van der Waals surface area (Å²) >= 11 is 1.69. The highest BCUT2D eigenvalue weighted by Gasteiger charge is 2.41. The molecule has 0 unspecified atom stereocenters. The molecule has 0 aromatic carbocycles. The minimum absolute atomic E-state index is 0.216. The summed E-state index contributed by atoms with van der Waals surface area (Å²) < 4.78 is 0. The molecule has 0 spiro atoms. The second kappa shape index (κ2) is 8.09. The van der Waals surface area contributed by atoms with Crippen LogP contribution in [0.15, 0.2) is 12.7 Å². The number of hydrogen-bond donors (Lipinski definition) is 3. The number of hydrogen-bond acceptors (Lipinski definition) is 3. The van der Waals surface area contributed by atoms with Crippen LogP contribution < -0.4 is 10.6 Å². The van der Waals surface area contributed by atoms with Crippen LogP contribution in [0, 0.1) is 5.41 Å². The Morgan fingerprint density at radius 1 is 1.32 bits per heavy atom. The molecule has 0 atom stereocenters. The maximum absolute atomic E-state index is 11.6. The predicted molar refractivity (Wildman–Crippen MR) is 77.5 cm³/mol. The van der Waals surface area contributed by atoms with Crippen LogP contribution in [-0.4, -0.2) is 41.7 Å². The lowest BCUT2D eigenvalue weighted by atomic mass is 9.86. The number of carboxylic acids is 1. The molecule has 0 bridgehead atoms. The van der Waals surface area contributed by atoms with Crippen molar-refractivity contribution in [2.75, 3.05) is 24.6 Å². The van der Waals surface area contributed by atoms with Crippen molar-refractivity contribution in [3.63, 3.8) is 0 Å². The second-order valence-electron chi connectivity index (χ2n) is 4.77. The van der Waals surface area contributed by atoms with Gasteiger partial charge >= 0.3 is 12.0 Å². The lowest BCUT2D eigenvalue weighted by Crippen LogP contribution is -2.45. The van der Waals surface area contributed by atoms with Crippen LogP contribution in [-0.2, 0) is 4.79 Å². The van der Waals surface area contributed by atoms with Gasteiger partial charge in [-0.05, 0) is 12.8 Å². The van der Waals surface area contributed by atoms with Gasteiger partial charge in [0.15, 0.2) is 0 Å². The zero-order valence-corrected chi connectivity index (χ0v) is 11.9. The van der Waals surface area contributed by atoms with E-state index in [2.05, 4.69) is 17.2 Å². The highest BCUT2D eigenvalue weighted by atomic mass is 32.2. The highest BCUT2D eigenvalue weighted by Crippen LogP contribution is 2.37. The Hall–Kier alpha value is -1.17. The quantitative estimate of drug-likeness (QED) is 0.470. The number of amides is 2. The number of aliphatic carboxylic acids is 1. The molecule has 0 aromatic heterocycles. The Labute approximate surface area is 118 Å². The molecule has 19 heavy (non-hydrogen) atoms. The van der Waals surface area contributed by atoms with Gasteiger partial charge in [-0.15, -0.1) is 6.58 Å². The number of thioether (sulfide) groups is 1. The van der Waals surface area contributed by atoms with E-state index in [1.54, 1.807) is 11.8 Å². The summed E-state index contributed by atoms with van der Waals surface area (Å²) in [5, 5.41) is 14.7. The highest BCUT2D eigenvalue weighted by molar-refractivity contribution is 7.99. The molecule has 1 aliphatic carbocycles. The van der Waals surface area contributed by atoms with Gasteiger partial charge in [-0.1, -0.05) is 18.9 Å². The number of carbonyl (C=O) groups excluding carboxylic acids is 1. The van der Waals surface area contributed by atoms with Crippen LogP contribution in [0.25, 0.3) is 0 Å². The Morgan fingerprint density at radius 3 is 2.58 bits per heavy atom. The SMILES string of the molecule is C=CCSCCNC(=O)NCC1(C(=O)O)CCCC1. The number of urea groups is 1. The first-order valence-corrected chi connectivity index (χ1v) is 7.70. The lowest BCUT2D eigenvalue weighted by Gasteiger charge is -2.23. The zero-order chi connectivity index (χ0) is 14.1. The summed E-state index contributed by atoms with van der Waals surface area (Å²) in [6, 6.07) is -0.285. The van der Waals surface area contributed by atoms with Gasteiger partial charge in [-0.2, -0.15) is 11.8 Å². The average Bonchev–Trinajstić information content (AvgIpc) is 2.86. The van der Waals surface area contributed by atoms with E-state index in [0.29, 0.717) is 19.4 Å². The minimum Gasteiger partial charge on any atom is -0.481 e. The number of carbonyl (C=O) groups is 2. The van der Waals surface area contributed by atoms with E-state index in [1.807, 2.05) is 6.08 Å². The first-order chi connectivity index (χ1) is 9.10. The Morgan fingerprint density at radius 2 is 2.00 bits per heavy atom. The van der Waals surface area contributed by atoms with Gasteiger partial charge in [0.1, 0.15) is 0 Å². The molecule has 0 saturated heterocycles. The van der Waals surface area contributed by atoms with E-state index in [1.165, 1.54) is 0 Å². The third kappa shape index (κ3) is 5.14. The molecule has 3 N–H and O–H groups in total. The van der Waals surface area contributed by atoms with Crippen LogP contribution in [0.3, 0.4) is 0 Å². The van der Waals surface area contributed by atoms with Crippen molar-refractivity contribution in [1.82, 2.24) is 10.6 Å². The molecule has 1 aliphatic rings. The average molecular weight is 286 g/mol. The van der Waals surface area contributed by atoms with Gasteiger partial charge in [0.25, 0.3) is 0 Å². The van der Waals surface area contributed by atoms with Crippen LogP contribution in [0.4, 0.5) is 4.79 Å². The van der Waals surface area contributed by atoms with E-state index in [9.17, 15) is 14.7 Å². The normalized spacial score (nSPS) is 16.8. The van der Waals surface area contributed by atoms with Crippen molar-refractivity contribution in [3.8, 4) is 0 Å². The zero-order valence-electron chi connectivity index (χ0n) is 11.1. The van der Waals surface area contributed by atoms with E-state index in [0.717, 1.165) is 24.3 Å². The van der Waals surface area contributed by atoms with Gasteiger partial charge in [0, 0.05) is 24.6 Å². The molecule has 1 rings (SSSR count). The monoisotopic (exact) mass is 286 g/mol. The maximum atomic E-state index is 11.6. The number of carboxylic acid groups (broad SMARTS) is 1. The van der Waals surface area contributed by atoms with E-state index >= 15 is 0 Å². The number of rotatable bonds is 8. The summed E-state index contributed by atoms with van der Waals surface area (Å²) in [6.45, 7) is 4.41. The van der Waals surface area contributed by atoms with Crippen LogP contribution in [0.2, 0.25) is 0 Å². The molecule has 2 amide bonds. The molecule has 1 saturated carbocycles. The molecule has 5 nitrogen and oxygen atoms in total. The molecule has 0 heterocycles. The first-order valence-electron chi connectivity index (χ1n) is 6.54. The summed E-state index contributed by atoms with van der Waals surface area (Å²) in [7, 11) is 0. The molecule has 0 aromatic rings. The Balaban J connectivity index is 2.21. The van der Waals surface area contributed by atoms with Crippen LogP contribution in [0.1, 0.15) is 25.7 Å². The molecule has 0 radical (unpaired) electrons. The standard InChI is InChI=1S/C13H22N2O3S/c1-2-8-19-9-7-14-12(18)15-10-13(11(16)17)5-3-4-6-13/h2H,1,3-10H2,(H,16,17)(H2,14,15,18). The van der Waals surface area contributed by atoms with Crippen LogP contribution in [0.5, 0.6) is 0 Å². The fourth-order valence-corrected chi connectivity index (χ4v) is 2.81. The fourth-order valence-electron chi connectivity index (χ4n) is 2.23. The van der Waals surface area contributed by atoms with Gasteiger partial charge in [-0.3, -0.25) is 4.79 Å². The van der Waals surface area contributed by atoms with Gasteiger partial charge in [0.2, 0.25) is 0 Å². The topological polar surface area (TPSA) is 78.4 Å². The fraction of sp³-hybridized carbons (Fsp3) is 0.692. The molecular weight excluding hydrogens is 264 g/mol. The van der Waals surface area contributed by atoms with Gasteiger partial charge in [-0.25, -0.2) is 4.79 Å². The summed E-state index contributed by atoms with van der Waals surface area (Å²) in [6.07, 6.45) is 4.97. The van der Waals surface area contributed by atoms with E-state index in [-0.39, 0.29) is 12.6 Å². The summed E-state index contributed by atoms with van der Waals surface area (Å²) in [4.78, 5) is 22.8.